The minimum absolute atomic E-state index is 0.103. The summed E-state index contributed by atoms with van der Waals surface area (Å²) in [4.78, 5) is 10.5. The fourth-order valence-corrected chi connectivity index (χ4v) is 1.72. The first-order chi connectivity index (χ1) is 6.24. The van der Waals surface area contributed by atoms with E-state index in [-0.39, 0.29) is 11.5 Å². The van der Waals surface area contributed by atoms with Crippen molar-refractivity contribution in [2.24, 2.45) is 0 Å². The summed E-state index contributed by atoms with van der Waals surface area (Å²) < 4.78 is 13.5. The molecule has 68 valence electrons. The molecule has 0 aliphatic heterocycles. The second kappa shape index (κ2) is 3.11. The van der Waals surface area contributed by atoms with Crippen molar-refractivity contribution < 1.29 is 9.18 Å². The molecule has 0 amide bonds. The van der Waals surface area contributed by atoms with E-state index < -0.39 is 5.82 Å². The molecule has 0 heterocycles. The molecule has 1 nitrogen and oxygen atoms in total. The standard InChI is InChI=1S/C10H8ClFO/c11-8-4-3-7(5-13)10(12)9(8)6-1-2-6/h3-6H,1-2H2. The lowest BCUT2D eigenvalue weighted by Crippen LogP contribution is -1.95. The van der Waals surface area contributed by atoms with Gasteiger partial charge in [0.25, 0.3) is 0 Å². The summed E-state index contributed by atoms with van der Waals surface area (Å²) in [5.41, 5.74) is 0.623. The van der Waals surface area contributed by atoms with Gasteiger partial charge in [0, 0.05) is 10.6 Å². The van der Waals surface area contributed by atoms with E-state index in [1.165, 1.54) is 6.07 Å². The Balaban J connectivity index is 2.56. The molecule has 1 saturated carbocycles. The van der Waals surface area contributed by atoms with E-state index in [1.807, 2.05) is 0 Å². The number of benzene rings is 1. The molecule has 0 N–H and O–H groups in total. The van der Waals surface area contributed by atoms with Gasteiger partial charge in [-0.25, -0.2) is 4.39 Å². The molecule has 0 aromatic heterocycles. The molecule has 0 radical (unpaired) electrons. The van der Waals surface area contributed by atoms with Gasteiger partial charge >= 0.3 is 0 Å². The Morgan fingerprint density at radius 3 is 2.69 bits per heavy atom. The van der Waals surface area contributed by atoms with E-state index in [0.29, 0.717) is 16.9 Å². The van der Waals surface area contributed by atoms with Crippen molar-refractivity contribution in [3.05, 3.63) is 34.1 Å². The first-order valence-corrected chi connectivity index (χ1v) is 4.55. The zero-order valence-electron chi connectivity index (χ0n) is 6.89. The van der Waals surface area contributed by atoms with Crippen LogP contribution in [-0.4, -0.2) is 6.29 Å². The Labute approximate surface area is 80.5 Å². The third-order valence-electron chi connectivity index (χ3n) is 2.27. The Bertz CT molecular complexity index is 358. The van der Waals surface area contributed by atoms with Crippen LogP contribution in [0.3, 0.4) is 0 Å². The lowest BCUT2D eigenvalue weighted by atomic mass is 10.1. The van der Waals surface area contributed by atoms with Crippen LogP contribution in [0.1, 0.15) is 34.7 Å². The van der Waals surface area contributed by atoms with Gasteiger partial charge in [0.15, 0.2) is 6.29 Å². The Morgan fingerprint density at radius 1 is 1.46 bits per heavy atom. The van der Waals surface area contributed by atoms with Gasteiger partial charge in [-0.05, 0) is 30.9 Å². The Hall–Kier alpha value is -0.890. The highest BCUT2D eigenvalue weighted by atomic mass is 35.5. The number of carbonyl (C=O) groups is 1. The SMILES string of the molecule is O=Cc1ccc(Cl)c(C2CC2)c1F. The summed E-state index contributed by atoms with van der Waals surface area (Å²) in [6, 6.07) is 3.00. The predicted octanol–water partition coefficient (Wildman–Crippen LogP) is 3.17. The van der Waals surface area contributed by atoms with Crippen molar-refractivity contribution >= 4 is 17.9 Å². The monoisotopic (exact) mass is 198 g/mol. The van der Waals surface area contributed by atoms with Gasteiger partial charge in [-0.2, -0.15) is 0 Å². The molecule has 1 aliphatic rings. The maximum atomic E-state index is 13.5. The number of hydrogen-bond donors (Lipinski definition) is 0. The second-order valence-corrected chi connectivity index (χ2v) is 3.66. The Kier molecular flexibility index (Phi) is 2.08. The van der Waals surface area contributed by atoms with E-state index in [0.717, 1.165) is 12.8 Å². The number of halogens is 2. The van der Waals surface area contributed by atoms with Crippen molar-refractivity contribution in [3.63, 3.8) is 0 Å². The fourth-order valence-electron chi connectivity index (χ4n) is 1.42. The molecule has 3 heteroatoms. The normalized spacial score (nSPS) is 15.8. The van der Waals surface area contributed by atoms with Gasteiger partial charge in [0.05, 0.1) is 5.56 Å². The van der Waals surface area contributed by atoms with Gasteiger partial charge in [-0.15, -0.1) is 0 Å². The fraction of sp³-hybridized carbons (Fsp3) is 0.300. The van der Waals surface area contributed by atoms with E-state index in [2.05, 4.69) is 0 Å². The molecule has 1 aliphatic carbocycles. The highest BCUT2D eigenvalue weighted by Gasteiger charge is 2.29. The van der Waals surface area contributed by atoms with Crippen molar-refractivity contribution in [1.82, 2.24) is 0 Å². The lowest BCUT2D eigenvalue weighted by Gasteiger charge is -2.05. The summed E-state index contributed by atoms with van der Waals surface area (Å²) in [6.07, 6.45) is 2.47. The first-order valence-electron chi connectivity index (χ1n) is 4.17. The van der Waals surface area contributed by atoms with Crippen LogP contribution in [0.15, 0.2) is 12.1 Å². The maximum absolute atomic E-state index is 13.5. The average molecular weight is 199 g/mol. The van der Waals surface area contributed by atoms with Crippen LogP contribution in [0.5, 0.6) is 0 Å². The van der Waals surface area contributed by atoms with Gasteiger partial charge in [0.1, 0.15) is 5.82 Å². The van der Waals surface area contributed by atoms with Gasteiger partial charge in [-0.3, -0.25) is 4.79 Å². The lowest BCUT2D eigenvalue weighted by molar-refractivity contribution is 0.111. The maximum Gasteiger partial charge on any atom is 0.153 e. The summed E-state index contributed by atoms with van der Waals surface area (Å²) in [5, 5.41) is 0.436. The average Bonchev–Trinajstić information content (AvgIpc) is 2.89. The topological polar surface area (TPSA) is 17.1 Å². The van der Waals surface area contributed by atoms with Gasteiger partial charge in [0.2, 0.25) is 0 Å². The molecule has 0 atom stereocenters. The highest BCUT2D eigenvalue weighted by molar-refractivity contribution is 6.31. The summed E-state index contributed by atoms with van der Waals surface area (Å²) in [7, 11) is 0. The van der Waals surface area contributed by atoms with E-state index in [4.69, 9.17) is 11.6 Å². The Morgan fingerprint density at radius 2 is 2.15 bits per heavy atom. The summed E-state index contributed by atoms with van der Waals surface area (Å²) in [6.45, 7) is 0. The van der Waals surface area contributed by atoms with Crippen LogP contribution in [0, 0.1) is 5.82 Å². The van der Waals surface area contributed by atoms with Crippen molar-refractivity contribution in [3.8, 4) is 0 Å². The molecular weight excluding hydrogens is 191 g/mol. The summed E-state index contributed by atoms with van der Waals surface area (Å²) in [5.74, 6) is -0.211. The molecule has 1 fully saturated rings. The van der Waals surface area contributed by atoms with E-state index >= 15 is 0 Å². The van der Waals surface area contributed by atoms with Crippen molar-refractivity contribution in [2.45, 2.75) is 18.8 Å². The van der Waals surface area contributed by atoms with Crippen LogP contribution in [0.4, 0.5) is 4.39 Å². The van der Waals surface area contributed by atoms with Crippen molar-refractivity contribution in [2.75, 3.05) is 0 Å². The minimum atomic E-state index is -0.440. The van der Waals surface area contributed by atoms with Crippen LogP contribution in [-0.2, 0) is 0 Å². The molecular formula is C10H8ClFO. The predicted molar refractivity (Wildman–Crippen MR) is 48.8 cm³/mol. The van der Waals surface area contributed by atoms with E-state index in [9.17, 15) is 9.18 Å². The first kappa shape index (κ1) is 8.70. The number of hydrogen-bond acceptors (Lipinski definition) is 1. The van der Waals surface area contributed by atoms with Gasteiger partial charge in [-0.1, -0.05) is 11.6 Å². The number of aldehydes is 1. The molecule has 1 aromatic carbocycles. The number of carbonyl (C=O) groups excluding carboxylic acids is 1. The molecule has 0 saturated heterocycles. The number of rotatable bonds is 2. The zero-order chi connectivity index (χ0) is 9.42. The minimum Gasteiger partial charge on any atom is -0.298 e. The third kappa shape index (κ3) is 1.46. The van der Waals surface area contributed by atoms with Crippen LogP contribution in [0.2, 0.25) is 5.02 Å². The van der Waals surface area contributed by atoms with Gasteiger partial charge < -0.3 is 0 Å². The second-order valence-electron chi connectivity index (χ2n) is 3.26. The highest BCUT2D eigenvalue weighted by Crippen LogP contribution is 2.44. The van der Waals surface area contributed by atoms with E-state index in [1.54, 1.807) is 6.07 Å². The van der Waals surface area contributed by atoms with Crippen LogP contribution in [0.25, 0.3) is 0 Å². The quantitative estimate of drug-likeness (QED) is 0.668. The molecule has 2 rings (SSSR count). The molecule has 0 unspecified atom stereocenters. The molecule has 0 bridgehead atoms. The molecule has 13 heavy (non-hydrogen) atoms. The summed E-state index contributed by atoms with van der Waals surface area (Å²) >= 11 is 5.84. The molecule has 0 spiro atoms. The zero-order valence-corrected chi connectivity index (χ0v) is 7.64. The smallest absolute Gasteiger partial charge is 0.153 e. The van der Waals surface area contributed by atoms with Crippen molar-refractivity contribution in [1.29, 1.82) is 0 Å². The largest absolute Gasteiger partial charge is 0.298 e. The van der Waals surface area contributed by atoms with Crippen LogP contribution < -0.4 is 0 Å². The molecule has 1 aromatic rings. The van der Waals surface area contributed by atoms with Crippen LogP contribution >= 0.6 is 11.6 Å². The third-order valence-corrected chi connectivity index (χ3v) is 2.60.